The zero-order valence-electron chi connectivity index (χ0n) is 27.2. The molecule has 3 aromatic carbocycles. The van der Waals surface area contributed by atoms with Crippen LogP contribution in [0.4, 0.5) is 11.6 Å². The molecule has 1 aliphatic heterocycles. The monoisotopic (exact) mass is 641 g/mol. The molecule has 1 saturated heterocycles. The molecular formula is C38H39N7O3. The Balaban J connectivity index is 0.978. The highest BCUT2D eigenvalue weighted by Gasteiger charge is 2.15. The lowest BCUT2D eigenvalue weighted by Gasteiger charge is -2.32. The van der Waals surface area contributed by atoms with Crippen LogP contribution in [0.5, 0.6) is 0 Å². The van der Waals surface area contributed by atoms with Crippen LogP contribution in [-0.4, -0.2) is 69.9 Å². The number of pyridine rings is 1. The molecule has 0 spiro atoms. The van der Waals surface area contributed by atoms with E-state index < -0.39 is 0 Å². The Bertz CT molecular complexity index is 1840. The van der Waals surface area contributed by atoms with Gasteiger partial charge in [-0.1, -0.05) is 36.4 Å². The lowest BCUT2D eigenvalue weighted by Crippen LogP contribution is -2.43. The maximum atomic E-state index is 12.9. The molecule has 48 heavy (non-hydrogen) atoms. The van der Waals surface area contributed by atoms with E-state index in [1.54, 1.807) is 42.9 Å². The average molecular weight is 642 g/mol. The van der Waals surface area contributed by atoms with Crippen molar-refractivity contribution >= 4 is 23.5 Å². The third-order valence-corrected chi connectivity index (χ3v) is 8.39. The van der Waals surface area contributed by atoms with Gasteiger partial charge in [0.05, 0.1) is 11.3 Å². The largest absolute Gasteiger partial charge is 0.457 e. The molecule has 1 fully saturated rings. The predicted molar refractivity (Wildman–Crippen MR) is 186 cm³/mol. The topological polar surface area (TPSA) is 113 Å². The summed E-state index contributed by atoms with van der Waals surface area (Å²) < 4.78 is 5.54. The number of esters is 1. The second-order valence-corrected chi connectivity index (χ2v) is 12.0. The van der Waals surface area contributed by atoms with E-state index in [1.807, 2.05) is 67.6 Å². The van der Waals surface area contributed by atoms with Crippen LogP contribution >= 0.6 is 0 Å². The Morgan fingerprint density at radius 3 is 2.31 bits per heavy atom. The maximum Gasteiger partial charge on any atom is 0.338 e. The Kier molecular flexibility index (Phi) is 10.4. The van der Waals surface area contributed by atoms with E-state index in [2.05, 4.69) is 42.4 Å². The number of hydrogen-bond acceptors (Lipinski definition) is 9. The van der Waals surface area contributed by atoms with Crippen LogP contribution in [0.1, 0.15) is 43.0 Å². The van der Waals surface area contributed by atoms with Crippen molar-refractivity contribution in [2.24, 2.45) is 0 Å². The first-order valence-electron chi connectivity index (χ1n) is 16.0. The van der Waals surface area contributed by atoms with Gasteiger partial charge in [-0.25, -0.2) is 14.8 Å². The van der Waals surface area contributed by atoms with Crippen molar-refractivity contribution in [3.05, 3.63) is 137 Å². The molecule has 0 saturated carbocycles. The number of likely N-dealkylation sites (N-methyl/N-ethyl adjacent to an activating group) is 1. The van der Waals surface area contributed by atoms with E-state index in [1.165, 1.54) is 5.56 Å². The van der Waals surface area contributed by atoms with Gasteiger partial charge < -0.3 is 20.3 Å². The number of nitrogens with zero attached hydrogens (tertiary/aromatic N) is 5. The fraction of sp³-hybridized carbons (Fsp3) is 0.237. The molecule has 1 aliphatic rings. The quantitative estimate of drug-likeness (QED) is 0.177. The van der Waals surface area contributed by atoms with Gasteiger partial charge in [0.15, 0.2) is 0 Å². The summed E-state index contributed by atoms with van der Waals surface area (Å²) in [4.78, 5) is 43.5. The molecule has 0 unspecified atom stereocenters. The van der Waals surface area contributed by atoms with Gasteiger partial charge in [0, 0.05) is 74.7 Å². The first-order chi connectivity index (χ1) is 23.4. The number of piperazine rings is 1. The number of ether oxygens (including phenoxy) is 1. The number of benzene rings is 3. The van der Waals surface area contributed by atoms with Gasteiger partial charge in [-0.05, 0) is 84.8 Å². The summed E-state index contributed by atoms with van der Waals surface area (Å²) in [5, 5.41) is 6.29. The van der Waals surface area contributed by atoms with Crippen molar-refractivity contribution in [1.82, 2.24) is 30.1 Å². The lowest BCUT2D eigenvalue weighted by atomic mass is 10.1. The molecule has 2 aromatic heterocycles. The molecule has 10 nitrogen and oxygen atoms in total. The van der Waals surface area contributed by atoms with Crippen LogP contribution in [0.25, 0.3) is 11.3 Å². The Hall–Kier alpha value is -5.45. The summed E-state index contributed by atoms with van der Waals surface area (Å²) in [5.74, 6) is -0.0958. The third kappa shape index (κ3) is 8.67. The van der Waals surface area contributed by atoms with Crippen LogP contribution in [-0.2, 0) is 24.4 Å². The van der Waals surface area contributed by atoms with Gasteiger partial charge in [-0.3, -0.25) is 14.7 Å². The zero-order valence-corrected chi connectivity index (χ0v) is 27.2. The fourth-order valence-electron chi connectivity index (χ4n) is 5.41. The Morgan fingerprint density at radius 1 is 0.833 bits per heavy atom. The van der Waals surface area contributed by atoms with Gasteiger partial charge in [0.1, 0.15) is 6.61 Å². The van der Waals surface area contributed by atoms with Gasteiger partial charge in [-0.2, -0.15) is 0 Å². The van der Waals surface area contributed by atoms with Crippen LogP contribution in [0.15, 0.2) is 104 Å². The molecule has 1 amide bonds. The molecule has 3 heterocycles. The Labute approximate surface area is 280 Å². The Morgan fingerprint density at radius 2 is 1.56 bits per heavy atom. The van der Waals surface area contributed by atoms with Crippen molar-refractivity contribution in [3.63, 3.8) is 0 Å². The first-order valence-corrected chi connectivity index (χ1v) is 16.0. The number of aryl methyl sites for hydroxylation is 1. The zero-order chi connectivity index (χ0) is 33.3. The standard InChI is InChI=1S/C38H39N7O3/c1-27-5-6-30(22-35(27)43-38-40-17-15-34(42-38)33-4-3-16-39-24-33)23-41-36(46)31-11-9-29(10-12-31)26-48-37(47)32-13-7-28(8-14-32)25-45-20-18-44(2)19-21-45/h3-17,22,24H,18-21,23,25-26H2,1-2H3,(H,41,46)(H,40,42,43). The summed E-state index contributed by atoms with van der Waals surface area (Å²) in [5.41, 5.74) is 7.50. The van der Waals surface area contributed by atoms with E-state index in [4.69, 9.17) is 4.74 Å². The number of amides is 1. The minimum atomic E-state index is -0.373. The van der Waals surface area contributed by atoms with Gasteiger partial charge in [0.2, 0.25) is 5.95 Å². The SMILES string of the molecule is Cc1ccc(CNC(=O)c2ccc(COC(=O)c3ccc(CN4CCN(C)CC4)cc3)cc2)cc1Nc1nccc(-c2cccnc2)n1. The summed E-state index contributed by atoms with van der Waals surface area (Å²) in [7, 11) is 2.15. The highest BCUT2D eigenvalue weighted by molar-refractivity contribution is 5.94. The average Bonchev–Trinajstić information content (AvgIpc) is 3.13. The number of carbonyl (C=O) groups excluding carboxylic acids is 2. The molecule has 0 bridgehead atoms. The van der Waals surface area contributed by atoms with Crippen LogP contribution in [0.3, 0.4) is 0 Å². The molecular weight excluding hydrogens is 602 g/mol. The van der Waals surface area contributed by atoms with E-state index >= 15 is 0 Å². The molecule has 6 rings (SSSR count). The summed E-state index contributed by atoms with van der Waals surface area (Å²) >= 11 is 0. The highest BCUT2D eigenvalue weighted by atomic mass is 16.5. The minimum absolute atomic E-state index is 0.123. The van der Waals surface area contributed by atoms with E-state index in [9.17, 15) is 9.59 Å². The van der Waals surface area contributed by atoms with Crippen molar-refractivity contribution in [2.45, 2.75) is 26.6 Å². The van der Waals surface area contributed by atoms with Crippen LogP contribution in [0.2, 0.25) is 0 Å². The fourth-order valence-corrected chi connectivity index (χ4v) is 5.41. The van der Waals surface area contributed by atoms with Gasteiger partial charge in [0.25, 0.3) is 5.91 Å². The minimum Gasteiger partial charge on any atom is -0.457 e. The van der Waals surface area contributed by atoms with Gasteiger partial charge >= 0.3 is 5.97 Å². The van der Waals surface area contributed by atoms with E-state index in [0.29, 0.717) is 23.6 Å². The lowest BCUT2D eigenvalue weighted by molar-refractivity contribution is 0.0472. The first kappa shape index (κ1) is 32.5. The van der Waals surface area contributed by atoms with Crippen LogP contribution < -0.4 is 10.6 Å². The number of hydrogen-bond donors (Lipinski definition) is 2. The summed E-state index contributed by atoms with van der Waals surface area (Å²) in [6.45, 7) is 7.59. The van der Waals surface area contributed by atoms with Crippen molar-refractivity contribution in [2.75, 3.05) is 38.5 Å². The second kappa shape index (κ2) is 15.4. The number of carbonyl (C=O) groups is 2. The maximum absolute atomic E-state index is 12.9. The molecule has 10 heteroatoms. The summed E-state index contributed by atoms with van der Waals surface area (Å²) in [6, 6.07) is 26.3. The number of rotatable bonds is 11. The number of aromatic nitrogens is 3. The second-order valence-electron chi connectivity index (χ2n) is 12.0. The highest BCUT2D eigenvalue weighted by Crippen LogP contribution is 2.22. The van der Waals surface area contributed by atoms with Crippen molar-refractivity contribution in [3.8, 4) is 11.3 Å². The number of anilines is 2. The predicted octanol–water partition coefficient (Wildman–Crippen LogP) is 5.63. The van der Waals surface area contributed by atoms with E-state index in [-0.39, 0.29) is 18.5 Å². The van der Waals surface area contributed by atoms with Gasteiger partial charge in [-0.15, -0.1) is 0 Å². The smallest absolute Gasteiger partial charge is 0.338 e. The molecule has 0 atom stereocenters. The third-order valence-electron chi connectivity index (χ3n) is 8.39. The van der Waals surface area contributed by atoms with Crippen molar-refractivity contribution < 1.29 is 14.3 Å². The normalized spacial score (nSPS) is 13.5. The molecule has 0 radical (unpaired) electrons. The summed E-state index contributed by atoms with van der Waals surface area (Å²) in [6.07, 6.45) is 5.20. The van der Waals surface area contributed by atoms with E-state index in [0.717, 1.165) is 66.4 Å². The molecule has 244 valence electrons. The van der Waals surface area contributed by atoms with Crippen LogP contribution in [0, 0.1) is 6.92 Å². The molecule has 2 N–H and O–H groups in total. The molecule has 5 aromatic rings. The van der Waals surface area contributed by atoms with Crippen molar-refractivity contribution in [1.29, 1.82) is 0 Å². The molecule has 0 aliphatic carbocycles. The number of nitrogens with one attached hydrogen (secondary N) is 2.